The van der Waals surface area contributed by atoms with Gasteiger partial charge in [0.1, 0.15) is 11.4 Å². The highest BCUT2D eigenvalue weighted by Gasteiger charge is 2.41. The quantitative estimate of drug-likeness (QED) is 0.784. The normalized spacial score (nSPS) is 17.8. The minimum Gasteiger partial charge on any atom is -0.496 e. The molecule has 0 heterocycles. The lowest BCUT2D eigenvalue weighted by molar-refractivity contribution is -0.0196. The first kappa shape index (κ1) is 15.0. The number of carbonyl (C=O) groups is 1. The number of methoxy groups -OCH3 is 2. The van der Waals surface area contributed by atoms with Gasteiger partial charge in [0.2, 0.25) is 0 Å². The lowest BCUT2D eigenvalue weighted by Crippen LogP contribution is -2.43. The van der Waals surface area contributed by atoms with Gasteiger partial charge in [-0.2, -0.15) is 0 Å². The van der Waals surface area contributed by atoms with Crippen LogP contribution in [-0.4, -0.2) is 25.6 Å². The molecule has 0 amide bonds. The molecule has 0 aromatic heterocycles. The minimum atomic E-state index is -0.661. The second-order valence-corrected chi connectivity index (χ2v) is 5.75. The number of rotatable bonds is 4. The molecule has 0 radical (unpaired) electrons. The average Bonchev–Trinajstić information content (AvgIpc) is 2.46. The van der Waals surface area contributed by atoms with E-state index in [1.54, 1.807) is 14.2 Å². The molecule has 1 aromatic rings. The number of ketones is 1. The molecule has 110 valence electrons. The maximum absolute atomic E-state index is 13.1. The lowest BCUT2D eigenvalue weighted by atomic mass is 9.78. The second-order valence-electron chi connectivity index (χ2n) is 5.75. The highest BCUT2D eigenvalue weighted by Crippen LogP contribution is 2.37. The van der Waals surface area contributed by atoms with Gasteiger partial charge in [-0.3, -0.25) is 4.79 Å². The van der Waals surface area contributed by atoms with Crippen LogP contribution in [-0.2, 0) is 4.74 Å². The summed E-state index contributed by atoms with van der Waals surface area (Å²) in [6, 6.07) is 3.95. The monoisotopic (exact) mass is 276 g/mol. The van der Waals surface area contributed by atoms with Crippen LogP contribution in [0, 0.1) is 13.8 Å². The van der Waals surface area contributed by atoms with Crippen molar-refractivity contribution >= 4 is 5.78 Å². The summed E-state index contributed by atoms with van der Waals surface area (Å²) in [4.78, 5) is 13.1. The van der Waals surface area contributed by atoms with E-state index in [1.807, 2.05) is 26.0 Å². The Morgan fingerprint density at radius 3 is 2.30 bits per heavy atom. The SMILES string of the molecule is COc1cc(C)cc(C)c1C(=O)C1(OC)CCCCC1. The number of benzene rings is 1. The Labute approximate surface area is 121 Å². The minimum absolute atomic E-state index is 0.0778. The first-order valence-corrected chi connectivity index (χ1v) is 7.29. The van der Waals surface area contributed by atoms with E-state index in [9.17, 15) is 4.79 Å². The van der Waals surface area contributed by atoms with Gasteiger partial charge in [-0.15, -0.1) is 0 Å². The van der Waals surface area contributed by atoms with E-state index in [1.165, 1.54) is 6.42 Å². The molecule has 1 aromatic carbocycles. The van der Waals surface area contributed by atoms with Crippen molar-refractivity contribution in [2.45, 2.75) is 51.6 Å². The molecule has 3 nitrogen and oxygen atoms in total. The first-order valence-electron chi connectivity index (χ1n) is 7.29. The number of hydrogen-bond donors (Lipinski definition) is 0. The van der Waals surface area contributed by atoms with Crippen molar-refractivity contribution in [3.8, 4) is 5.75 Å². The molecule has 0 atom stereocenters. The zero-order chi connectivity index (χ0) is 14.8. The number of hydrogen-bond acceptors (Lipinski definition) is 3. The number of ether oxygens (including phenoxy) is 2. The Hall–Kier alpha value is -1.35. The number of aryl methyl sites for hydroxylation is 2. The topological polar surface area (TPSA) is 35.5 Å². The zero-order valence-corrected chi connectivity index (χ0v) is 12.9. The van der Waals surface area contributed by atoms with Crippen molar-refractivity contribution in [1.29, 1.82) is 0 Å². The van der Waals surface area contributed by atoms with Gasteiger partial charge in [-0.25, -0.2) is 0 Å². The summed E-state index contributed by atoms with van der Waals surface area (Å²) in [6.07, 6.45) is 4.89. The molecule has 20 heavy (non-hydrogen) atoms. The van der Waals surface area contributed by atoms with Gasteiger partial charge in [0.05, 0.1) is 12.7 Å². The Bertz CT molecular complexity index is 499. The van der Waals surface area contributed by atoms with Gasteiger partial charge < -0.3 is 9.47 Å². The maximum atomic E-state index is 13.1. The summed E-state index contributed by atoms with van der Waals surface area (Å²) >= 11 is 0. The van der Waals surface area contributed by atoms with E-state index in [2.05, 4.69) is 0 Å². The fraction of sp³-hybridized carbons (Fsp3) is 0.588. The summed E-state index contributed by atoms with van der Waals surface area (Å²) in [7, 11) is 3.27. The zero-order valence-electron chi connectivity index (χ0n) is 12.9. The van der Waals surface area contributed by atoms with E-state index in [4.69, 9.17) is 9.47 Å². The molecular weight excluding hydrogens is 252 g/mol. The van der Waals surface area contributed by atoms with Crippen LogP contribution < -0.4 is 4.74 Å². The van der Waals surface area contributed by atoms with Gasteiger partial charge in [-0.05, 0) is 43.9 Å². The summed E-state index contributed by atoms with van der Waals surface area (Å²) in [6.45, 7) is 3.98. The molecule has 1 fully saturated rings. The largest absolute Gasteiger partial charge is 0.496 e. The molecule has 0 unspecified atom stereocenters. The van der Waals surface area contributed by atoms with Crippen LogP contribution in [0.1, 0.15) is 53.6 Å². The van der Waals surface area contributed by atoms with Crippen LogP contribution in [0.25, 0.3) is 0 Å². The van der Waals surface area contributed by atoms with E-state index < -0.39 is 5.60 Å². The highest BCUT2D eigenvalue weighted by molar-refractivity contribution is 6.06. The molecule has 0 bridgehead atoms. The van der Waals surface area contributed by atoms with E-state index in [-0.39, 0.29) is 5.78 Å². The van der Waals surface area contributed by atoms with Gasteiger partial charge >= 0.3 is 0 Å². The Morgan fingerprint density at radius 1 is 1.10 bits per heavy atom. The van der Waals surface area contributed by atoms with Crippen LogP contribution in [0.15, 0.2) is 12.1 Å². The fourth-order valence-electron chi connectivity index (χ4n) is 3.26. The third-order valence-corrected chi connectivity index (χ3v) is 4.36. The molecule has 0 aliphatic heterocycles. The van der Waals surface area contributed by atoms with E-state index in [0.29, 0.717) is 11.3 Å². The van der Waals surface area contributed by atoms with Crippen molar-refractivity contribution in [2.75, 3.05) is 14.2 Å². The summed E-state index contributed by atoms with van der Waals surface area (Å²) in [5, 5.41) is 0. The molecule has 3 heteroatoms. The number of Topliss-reactive ketones (excluding diaryl/α,β-unsaturated/α-hetero) is 1. The van der Waals surface area contributed by atoms with Crippen LogP contribution in [0.4, 0.5) is 0 Å². The van der Waals surface area contributed by atoms with E-state index in [0.717, 1.165) is 36.8 Å². The predicted octanol–water partition coefficient (Wildman–Crippen LogP) is 3.84. The van der Waals surface area contributed by atoms with E-state index >= 15 is 0 Å². The Balaban J connectivity index is 2.46. The van der Waals surface area contributed by atoms with Crippen LogP contribution in [0.3, 0.4) is 0 Å². The van der Waals surface area contributed by atoms with Crippen LogP contribution in [0.2, 0.25) is 0 Å². The average molecular weight is 276 g/mol. The van der Waals surface area contributed by atoms with Crippen LogP contribution >= 0.6 is 0 Å². The van der Waals surface area contributed by atoms with Crippen molar-refractivity contribution in [2.24, 2.45) is 0 Å². The fourth-order valence-corrected chi connectivity index (χ4v) is 3.26. The molecule has 1 aliphatic carbocycles. The molecule has 0 N–H and O–H groups in total. The predicted molar refractivity (Wildman–Crippen MR) is 79.6 cm³/mol. The van der Waals surface area contributed by atoms with Gasteiger partial charge in [0.25, 0.3) is 0 Å². The first-order chi connectivity index (χ1) is 9.54. The van der Waals surface area contributed by atoms with Gasteiger partial charge in [-0.1, -0.05) is 25.3 Å². The van der Waals surface area contributed by atoms with Crippen LogP contribution in [0.5, 0.6) is 5.75 Å². The summed E-state index contributed by atoms with van der Waals surface area (Å²) < 4.78 is 11.1. The van der Waals surface area contributed by atoms with Crippen molar-refractivity contribution in [3.63, 3.8) is 0 Å². The van der Waals surface area contributed by atoms with Gasteiger partial charge in [0, 0.05) is 7.11 Å². The Morgan fingerprint density at radius 2 is 1.75 bits per heavy atom. The molecule has 1 saturated carbocycles. The Kier molecular flexibility index (Phi) is 4.48. The van der Waals surface area contributed by atoms with Crippen molar-refractivity contribution < 1.29 is 14.3 Å². The maximum Gasteiger partial charge on any atom is 0.198 e. The van der Waals surface area contributed by atoms with Crippen molar-refractivity contribution in [1.82, 2.24) is 0 Å². The third-order valence-electron chi connectivity index (χ3n) is 4.36. The summed E-state index contributed by atoms with van der Waals surface area (Å²) in [5.74, 6) is 0.739. The molecule has 1 aliphatic rings. The molecule has 0 saturated heterocycles. The smallest absolute Gasteiger partial charge is 0.198 e. The molecule has 2 rings (SSSR count). The second kappa shape index (κ2) is 5.96. The highest BCUT2D eigenvalue weighted by atomic mass is 16.5. The summed E-state index contributed by atoms with van der Waals surface area (Å²) in [5.41, 5.74) is 2.09. The van der Waals surface area contributed by atoms with Crippen molar-refractivity contribution in [3.05, 3.63) is 28.8 Å². The third kappa shape index (κ3) is 2.59. The standard InChI is InChI=1S/C17H24O3/c1-12-10-13(2)15(14(11-12)19-3)16(18)17(20-4)8-6-5-7-9-17/h10-11H,5-9H2,1-4H3. The molecular formula is C17H24O3. The molecule has 0 spiro atoms. The number of carbonyl (C=O) groups excluding carboxylic acids is 1. The van der Waals surface area contributed by atoms with Gasteiger partial charge in [0.15, 0.2) is 5.78 Å². The lowest BCUT2D eigenvalue weighted by Gasteiger charge is -2.35.